The van der Waals surface area contributed by atoms with Gasteiger partial charge < -0.3 is 0 Å². The molecular weight excluding hydrogens is 687 g/mol. The van der Waals surface area contributed by atoms with Crippen LogP contribution in [0.3, 0.4) is 0 Å². The second-order valence-electron chi connectivity index (χ2n) is 16.0. The minimum atomic E-state index is -0.144. The Bertz CT molecular complexity index is 712. The molecule has 9 radical (unpaired) electrons. The first-order valence-corrected chi connectivity index (χ1v) is 20.9. The van der Waals surface area contributed by atoms with E-state index in [2.05, 4.69) is 183 Å². The van der Waals surface area contributed by atoms with Crippen molar-refractivity contribution in [3.63, 3.8) is 0 Å². The summed E-state index contributed by atoms with van der Waals surface area (Å²) in [5, 5.41) is 0. The summed E-state index contributed by atoms with van der Waals surface area (Å²) < 4.78 is 6.70. The van der Waals surface area contributed by atoms with Gasteiger partial charge in [-0.25, -0.2) is 0 Å². The third-order valence-electron chi connectivity index (χ3n) is 3.20. The molecule has 0 fully saturated rings. The van der Waals surface area contributed by atoms with Crippen molar-refractivity contribution in [3.8, 4) is 10.7 Å². The molecule has 0 saturated carbocycles. The van der Waals surface area contributed by atoms with E-state index in [0.29, 0.717) is 25.5 Å². The Labute approximate surface area is 263 Å². The van der Waals surface area contributed by atoms with Crippen LogP contribution in [0.4, 0.5) is 0 Å². The van der Waals surface area contributed by atoms with Crippen LogP contribution < -0.4 is 0 Å². The van der Waals surface area contributed by atoms with E-state index >= 15 is 0 Å². The van der Waals surface area contributed by atoms with Gasteiger partial charge in [0.05, 0.1) is 0 Å². The summed E-state index contributed by atoms with van der Waals surface area (Å²) in [6, 6.07) is 8.41. The van der Waals surface area contributed by atoms with E-state index in [1.165, 1.54) is 5.56 Å². The first kappa shape index (κ1) is 42.4. The van der Waals surface area contributed by atoms with E-state index < -0.39 is 0 Å². The number of benzene rings is 1. The van der Waals surface area contributed by atoms with Gasteiger partial charge >= 0.3 is 266 Å². The van der Waals surface area contributed by atoms with E-state index in [1.807, 2.05) is 0 Å². The van der Waals surface area contributed by atoms with Gasteiger partial charge in [0.15, 0.2) is 0 Å². The van der Waals surface area contributed by atoms with Crippen molar-refractivity contribution in [1.29, 1.82) is 0 Å². The molecule has 0 aromatic heterocycles. The first-order chi connectivity index (χ1) is 15.9. The van der Waals surface area contributed by atoms with Crippen molar-refractivity contribution < 1.29 is 0 Å². The van der Waals surface area contributed by atoms with Crippen molar-refractivity contribution in [2.45, 2.75) is 157 Å². The normalized spacial score (nSPS) is 12.4. The summed E-state index contributed by atoms with van der Waals surface area (Å²) in [7, 11) is 0. The molecule has 0 N–H and O–H groups in total. The zero-order valence-corrected chi connectivity index (χ0v) is 36.7. The van der Waals surface area contributed by atoms with Gasteiger partial charge in [-0.2, -0.15) is 0 Å². The Hall–Kier alpha value is 0.951. The van der Waals surface area contributed by atoms with Gasteiger partial charge in [-0.15, -0.1) is 0 Å². The van der Waals surface area contributed by atoms with Crippen LogP contribution in [-0.2, 0) is 0 Å². The van der Waals surface area contributed by atoms with Crippen LogP contribution in [0.25, 0.3) is 0 Å². The minimum absolute atomic E-state index is 0.144. The second kappa shape index (κ2) is 17.7. The van der Waals surface area contributed by atoms with Crippen LogP contribution in [0.1, 0.15) is 136 Å². The van der Waals surface area contributed by atoms with Crippen molar-refractivity contribution >= 4 is 62.8 Å². The van der Waals surface area contributed by atoms with Gasteiger partial charge in [0.2, 0.25) is 0 Å². The number of hydrogen-bond acceptors (Lipinski definition) is 0. The van der Waals surface area contributed by atoms with E-state index in [-0.39, 0.29) is 46.3 Å². The Morgan fingerprint density at radius 1 is 0.514 bits per heavy atom. The predicted molar refractivity (Wildman–Crippen MR) is 179 cm³/mol. The fraction of sp³-hybridized carbons (Fsp3) is 0.758. The van der Waals surface area contributed by atoms with Crippen molar-refractivity contribution in [2.75, 3.05) is 0 Å². The second-order valence-corrected chi connectivity index (χ2v) is 37.0. The van der Waals surface area contributed by atoms with Gasteiger partial charge in [-0.1, -0.05) is 0 Å². The molecule has 0 saturated heterocycles. The standard InChI is InChI=1S/C13H16Ge.2C8H18Ge.C4H9Ge/c1-11-5-7-12(8-6-11)9-10-14-13(2,3)4;2*1-7(2,3)9-8(4,5)6;1-4(2,3)5/h5-8H,1-4H3;2*1-6H3;1-3H3. The predicted octanol–water partition coefficient (Wildman–Crippen LogP) is 10.9. The van der Waals surface area contributed by atoms with Crippen molar-refractivity contribution in [3.05, 3.63) is 35.4 Å². The molecule has 0 atom stereocenters. The van der Waals surface area contributed by atoms with Gasteiger partial charge in [-0.3, -0.25) is 0 Å². The molecule has 209 valence electrons. The maximum atomic E-state index is 3.34. The third kappa shape index (κ3) is 50.3. The summed E-state index contributed by atoms with van der Waals surface area (Å²) in [6.07, 6.45) is 0. The Balaban J connectivity index is -0.000000444. The van der Waals surface area contributed by atoms with Crippen LogP contribution in [0, 0.1) is 17.6 Å². The molecule has 4 heteroatoms. The Morgan fingerprint density at radius 3 is 0.973 bits per heavy atom. The number of rotatable bonds is 0. The molecule has 0 amide bonds. The fourth-order valence-corrected chi connectivity index (χ4v) is 13.8. The summed E-state index contributed by atoms with van der Waals surface area (Å²) in [4.78, 5) is 0. The Morgan fingerprint density at radius 2 is 0.784 bits per heavy atom. The van der Waals surface area contributed by atoms with Crippen LogP contribution in [0.5, 0.6) is 0 Å². The topological polar surface area (TPSA) is 0 Å². The third-order valence-corrected chi connectivity index (χ3v) is 11.6. The molecular formula is C33H61Ge4. The monoisotopic (exact) mass is 753 g/mol. The molecule has 0 aliphatic heterocycles. The molecule has 1 aromatic rings. The maximum absolute atomic E-state index is 3.34. The van der Waals surface area contributed by atoms with E-state index in [1.54, 1.807) is 0 Å². The fourth-order valence-electron chi connectivity index (χ4n) is 3.18. The Kier molecular flexibility index (Phi) is 20.3. The summed E-state index contributed by atoms with van der Waals surface area (Å²) in [5.74, 6) is 3.23. The summed E-state index contributed by atoms with van der Waals surface area (Å²) in [6.45, 7) is 43.6. The van der Waals surface area contributed by atoms with Crippen LogP contribution in [-0.4, -0.2) is 62.8 Å². The van der Waals surface area contributed by atoms with Gasteiger partial charge in [0.25, 0.3) is 0 Å². The quantitative estimate of drug-likeness (QED) is 0.183. The zero-order chi connectivity index (χ0) is 30.5. The molecule has 0 bridgehead atoms. The molecule has 0 aliphatic carbocycles. The summed E-state index contributed by atoms with van der Waals surface area (Å²) in [5.41, 5.74) is 2.44. The van der Waals surface area contributed by atoms with Crippen molar-refractivity contribution in [2.24, 2.45) is 0 Å². The van der Waals surface area contributed by atoms with Gasteiger partial charge in [0, 0.05) is 0 Å². The molecule has 0 aliphatic rings. The SMILES string of the molecule is C[C](C)(C)[Ge].C[C](C)(C)[Ge][C](C)(C)C.C[C](C)(C)[Ge][C](C)(C)C.Cc1ccc(C#[C][Ge][C](C)(C)C)cc1. The van der Waals surface area contributed by atoms with Crippen molar-refractivity contribution in [1.82, 2.24) is 0 Å². The van der Waals surface area contributed by atoms with Crippen LogP contribution >= 0.6 is 0 Å². The first-order valence-electron chi connectivity index (χ1n) is 13.6. The van der Waals surface area contributed by atoms with E-state index in [9.17, 15) is 0 Å². The summed E-state index contributed by atoms with van der Waals surface area (Å²) >= 11 is 2.46. The average Bonchev–Trinajstić information content (AvgIpc) is 2.48. The molecule has 0 nitrogen and oxygen atoms in total. The van der Waals surface area contributed by atoms with Crippen LogP contribution in [0.15, 0.2) is 24.3 Å². The zero-order valence-electron chi connectivity index (χ0n) is 28.3. The molecule has 0 unspecified atom stereocenters. The van der Waals surface area contributed by atoms with E-state index in [4.69, 9.17) is 0 Å². The van der Waals surface area contributed by atoms with Gasteiger partial charge in [-0.05, 0) is 0 Å². The molecule has 37 heavy (non-hydrogen) atoms. The molecule has 1 aromatic carbocycles. The van der Waals surface area contributed by atoms with E-state index in [0.717, 1.165) is 5.56 Å². The number of hydrogen-bond donors (Lipinski definition) is 0. The average molecular weight is 748 g/mol. The molecule has 0 heterocycles. The molecule has 1 rings (SSSR count). The number of aryl methyl sites for hydroxylation is 1. The van der Waals surface area contributed by atoms with Crippen LogP contribution in [0.2, 0.25) is 25.5 Å². The molecule has 0 spiro atoms. The van der Waals surface area contributed by atoms with Gasteiger partial charge in [0.1, 0.15) is 0 Å².